The van der Waals surface area contributed by atoms with Gasteiger partial charge in [-0.25, -0.2) is 14.8 Å². The number of benzene rings is 1. The molecule has 0 spiro atoms. The molecule has 0 unspecified atom stereocenters. The van der Waals surface area contributed by atoms with E-state index in [2.05, 4.69) is 64.5 Å². The molecule has 30 heavy (non-hydrogen) atoms. The Bertz CT molecular complexity index is 806. The molecule has 0 aliphatic carbocycles. The van der Waals surface area contributed by atoms with Gasteiger partial charge < -0.3 is 20.3 Å². The topological polar surface area (TPSA) is 79.4 Å². The lowest BCUT2D eigenvalue weighted by atomic mass is 10.0. The van der Waals surface area contributed by atoms with Crippen LogP contribution in [0.2, 0.25) is 0 Å². The van der Waals surface area contributed by atoms with Crippen LogP contribution in [0.5, 0.6) is 0 Å². The van der Waals surface area contributed by atoms with Gasteiger partial charge in [-0.2, -0.15) is 0 Å². The smallest absolute Gasteiger partial charge is 0.323 e. The first-order chi connectivity index (χ1) is 14.6. The Morgan fingerprint density at radius 3 is 2.60 bits per heavy atom. The summed E-state index contributed by atoms with van der Waals surface area (Å²) >= 11 is 0. The van der Waals surface area contributed by atoms with E-state index in [0.717, 1.165) is 56.8 Å². The zero-order valence-corrected chi connectivity index (χ0v) is 18.2. The number of amides is 2. The maximum Gasteiger partial charge on any atom is 0.323 e. The number of rotatable bonds is 8. The van der Waals surface area contributed by atoms with Gasteiger partial charge in [0.1, 0.15) is 6.33 Å². The molecule has 1 saturated heterocycles. The standard InChI is InChI=1S/C23H33N5O2/c1-4-5-18-6-7-22(28(15-17(2)3)20-8-10-30-11-9-20)21(12-18)27-23(29)26-19-13-24-16-25-14-19/h6-7,12-14,16-17,20H,4-5,8-11,15H2,1-3H3,(H2,26,27,29). The van der Waals surface area contributed by atoms with Crippen molar-refractivity contribution in [2.75, 3.05) is 35.3 Å². The Hall–Kier alpha value is -2.67. The average Bonchev–Trinajstić information content (AvgIpc) is 2.74. The summed E-state index contributed by atoms with van der Waals surface area (Å²) in [6.07, 6.45) is 8.62. The van der Waals surface area contributed by atoms with Gasteiger partial charge in [-0.05, 0) is 42.9 Å². The monoisotopic (exact) mass is 411 g/mol. The summed E-state index contributed by atoms with van der Waals surface area (Å²) in [6, 6.07) is 6.55. The van der Waals surface area contributed by atoms with E-state index in [4.69, 9.17) is 4.74 Å². The highest BCUT2D eigenvalue weighted by atomic mass is 16.5. The second-order valence-electron chi connectivity index (χ2n) is 8.20. The zero-order chi connectivity index (χ0) is 21.3. The molecule has 1 aliphatic heterocycles. The lowest BCUT2D eigenvalue weighted by Gasteiger charge is -2.38. The van der Waals surface area contributed by atoms with Gasteiger partial charge in [0.05, 0.1) is 29.5 Å². The lowest BCUT2D eigenvalue weighted by Crippen LogP contribution is -2.42. The molecule has 0 atom stereocenters. The number of hydrogen-bond donors (Lipinski definition) is 2. The van der Waals surface area contributed by atoms with Gasteiger partial charge in [0.15, 0.2) is 0 Å². The largest absolute Gasteiger partial charge is 0.381 e. The molecule has 7 nitrogen and oxygen atoms in total. The number of nitrogens with one attached hydrogen (secondary N) is 2. The summed E-state index contributed by atoms with van der Waals surface area (Å²) in [5, 5.41) is 5.89. The van der Waals surface area contributed by atoms with E-state index in [0.29, 0.717) is 17.6 Å². The van der Waals surface area contributed by atoms with Crippen molar-refractivity contribution < 1.29 is 9.53 Å². The molecule has 0 bridgehead atoms. The minimum Gasteiger partial charge on any atom is -0.381 e. The second kappa shape index (κ2) is 10.9. The van der Waals surface area contributed by atoms with Crippen LogP contribution in [0.4, 0.5) is 21.9 Å². The van der Waals surface area contributed by atoms with E-state index in [1.807, 2.05) is 0 Å². The predicted octanol–water partition coefficient (Wildman–Crippen LogP) is 4.71. The molecule has 0 saturated carbocycles. The van der Waals surface area contributed by atoms with Crippen molar-refractivity contribution in [3.05, 3.63) is 42.5 Å². The van der Waals surface area contributed by atoms with Gasteiger partial charge >= 0.3 is 6.03 Å². The Balaban J connectivity index is 1.88. The summed E-state index contributed by atoms with van der Waals surface area (Å²) in [6.45, 7) is 9.12. The van der Waals surface area contributed by atoms with Crippen LogP contribution in [0, 0.1) is 5.92 Å². The Morgan fingerprint density at radius 2 is 1.93 bits per heavy atom. The van der Waals surface area contributed by atoms with Crippen LogP contribution in [0.3, 0.4) is 0 Å². The number of aryl methyl sites for hydroxylation is 1. The van der Waals surface area contributed by atoms with E-state index in [9.17, 15) is 4.79 Å². The number of anilines is 3. The molecule has 1 fully saturated rings. The molecular weight excluding hydrogens is 378 g/mol. The molecule has 2 N–H and O–H groups in total. The summed E-state index contributed by atoms with van der Waals surface area (Å²) < 4.78 is 5.58. The Kier molecular flexibility index (Phi) is 8.02. The van der Waals surface area contributed by atoms with Crippen LogP contribution in [-0.2, 0) is 11.2 Å². The van der Waals surface area contributed by atoms with Gasteiger partial charge in [-0.1, -0.05) is 33.3 Å². The average molecular weight is 412 g/mol. The van der Waals surface area contributed by atoms with E-state index in [1.54, 1.807) is 12.4 Å². The SMILES string of the molecule is CCCc1ccc(N(CC(C)C)C2CCOCC2)c(NC(=O)Nc2cncnc2)c1. The molecule has 3 rings (SSSR count). The van der Waals surface area contributed by atoms with Crippen molar-refractivity contribution in [1.29, 1.82) is 0 Å². The minimum absolute atomic E-state index is 0.295. The highest BCUT2D eigenvalue weighted by molar-refractivity contribution is 6.01. The van der Waals surface area contributed by atoms with E-state index >= 15 is 0 Å². The fraction of sp³-hybridized carbons (Fsp3) is 0.522. The van der Waals surface area contributed by atoms with Crippen molar-refractivity contribution in [2.45, 2.75) is 52.5 Å². The van der Waals surface area contributed by atoms with Gasteiger partial charge in [0.2, 0.25) is 0 Å². The molecule has 2 aromatic rings. The van der Waals surface area contributed by atoms with E-state index in [-0.39, 0.29) is 6.03 Å². The molecule has 1 aliphatic rings. The highest BCUT2D eigenvalue weighted by Gasteiger charge is 2.25. The number of carbonyl (C=O) groups is 1. The summed E-state index contributed by atoms with van der Waals surface area (Å²) in [7, 11) is 0. The van der Waals surface area contributed by atoms with Crippen LogP contribution in [0.15, 0.2) is 36.9 Å². The zero-order valence-electron chi connectivity index (χ0n) is 18.2. The molecule has 0 radical (unpaired) electrons. The third-order valence-corrected chi connectivity index (χ3v) is 5.17. The van der Waals surface area contributed by atoms with Gasteiger partial charge in [-0.15, -0.1) is 0 Å². The maximum absolute atomic E-state index is 12.7. The van der Waals surface area contributed by atoms with Crippen molar-refractivity contribution >= 4 is 23.1 Å². The summed E-state index contributed by atoms with van der Waals surface area (Å²) in [5.74, 6) is 0.506. The number of ether oxygens (including phenoxy) is 1. The fourth-order valence-corrected chi connectivity index (χ4v) is 3.86. The van der Waals surface area contributed by atoms with Crippen LogP contribution in [0.1, 0.15) is 45.6 Å². The highest BCUT2D eigenvalue weighted by Crippen LogP contribution is 2.32. The first kappa shape index (κ1) is 22.0. The molecule has 1 aromatic carbocycles. The number of nitrogens with zero attached hydrogens (tertiary/aromatic N) is 3. The normalized spacial score (nSPS) is 14.5. The van der Waals surface area contributed by atoms with Gasteiger partial charge in [-0.3, -0.25) is 0 Å². The van der Waals surface area contributed by atoms with Crippen LogP contribution >= 0.6 is 0 Å². The number of carbonyl (C=O) groups excluding carboxylic acids is 1. The van der Waals surface area contributed by atoms with Gasteiger partial charge in [0, 0.05) is 25.8 Å². The molecule has 2 heterocycles. The number of aromatic nitrogens is 2. The van der Waals surface area contributed by atoms with Crippen molar-refractivity contribution in [1.82, 2.24) is 9.97 Å². The Labute approximate surface area is 179 Å². The van der Waals surface area contributed by atoms with Crippen molar-refractivity contribution in [2.24, 2.45) is 5.92 Å². The first-order valence-electron chi connectivity index (χ1n) is 10.9. The fourth-order valence-electron chi connectivity index (χ4n) is 3.86. The van der Waals surface area contributed by atoms with Crippen LogP contribution in [-0.4, -0.2) is 41.8 Å². The molecule has 162 valence electrons. The lowest BCUT2D eigenvalue weighted by molar-refractivity contribution is 0.0839. The predicted molar refractivity (Wildman–Crippen MR) is 121 cm³/mol. The van der Waals surface area contributed by atoms with Crippen molar-refractivity contribution in [3.63, 3.8) is 0 Å². The number of urea groups is 1. The molecular formula is C23H33N5O2. The quantitative estimate of drug-likeness (QED) is 0.657. The minimum atomic E-state index is -0.295. The van der Waals surface area contributed by atoms with Gasteiger partial charge in [0.25, 0.3) is 0 Å². The summed E-state index contributed by atoms with van der Waals surface area (Å²) in [5.41, 5.74) is 3.68. The maximum atomic E-state index is 12.7. The van der Waals surface area contributed by atoms with E-state index in [1.165, 1.54) is 11.9 Å². The third-order valence-electron chi connectivity index (χ3n) is 5.17. The first-order valence-corrected chi connectivity index (χ1v) is 10.9. The number of hydrogen-bond acceptors (Lipinski definition) is 5. The third kappa shape index (κ3) is 6.16. The van der Waals surface area contributed by atoms with Crippen LogP contribution in [0.25, 0.3) is 0 Å². The van der Waals surface area contributed by atoms with Crippen LogP contribution < -0.4 is 15.5 Å². The van der Waals surface area contributed by atoms with E-state index < -0.39 is 0 Å². The van der Waals surface area contributed by atoms with Crippen molar-refractivity contribution in [3.8, 4) is 0 Å². The molecule has 2 amide bonds. The second-order valence-corrected chi connectivity index (χ2v) is 8.20. The Morgan fingerprint density at radius 1 is 1.20 bits per heavy atom. The molecule has 7 heteroatoms. The summed E-state index contributed by atoms with van der Waals surface area (Å²) in [4.78, 5) is 23.1. The molecule has 1 aromatic heterocycles.